The van der Waals surface area contributed by atoms with Gasteiger partial charge in [0.2, 0.25) is 5.91 Å². The molecule has 0 saturated carbocycles. The highest BCUT2D eigenvalue weighted by molar-refractivity contribution is 8.18. The summed E-state index contributed by atoms with van der Waals surface area (Å²) in [6.45, 7) is 2.43. The van der Waals surface area contributed by atoms with Gasteiger partial charge in [0.1, 0.15) is 6.54 Å². The third-order valence-electron chi connectivity index (χ3n) is 5.20. The molecule has 0 aliphatic carbocycles. The van der Waals surface area contributed by atoms with Crippen molar-refractivity contribution in [3.63, 3.8) is 0 Å². The average molecular weight is 484 g/mol. The minimum atomic E-state index is -0.754. The molecule has 2 fully saturated rings. The largest absolute Gasteiger partial charge is 0.502 e. The second kappa shape index (κ2) is 9.93. The average Bonchev–Trinajstić information content (AvgIpc) is 3.08. The van der Waals surface area contributed by atoms with Crippen LogP contribution in [0.4, 0.5) is 21.9 Å². The van der Waals surface area contributed by atoms with E-state index in [0.717, 1.165) is 35.8 Å². The molecule has 2 heterocycles. The van der Waals surface area contributed by atoms with Crippen molar-refractivity contribution in [2.24, 2.45) is 0 Å². The van der Waals surface area contributed by atoms with Crippen molar-refractivity contribution < 1.29 is 29.2 Å². The van der Waals surface area contributed by atoms with E-state index in [9.17, 15) is 29.6 Å². The van der Waals surface area contributed by atoms with Crippen molar-refractivity contribution in [3.8, 4) is 5.75 Å². The van der Waals surface area contributed by atoms with Crippen LogP contribution in [0.15, 0.2) is 47.4 Å². The van der Waals surface area contributed by atoms with Crippen LogP contribution in [0, 0.1) is 10.1 Å². The number of morpholine rings is 1. The SMILES string of the molecule is O=C(CN1C(=O)SC(=Cc2ccc(O)c([N+](=O)[O-])c2)C1=O)Nc1ccc(N2CCOCC2)cc1. The Morgan fingerprint density at radius 1 is 1.18 bits per heavy atom. The Hall–Kier alpha value is -3.90. The molecule has 2 saturated heterocycles. The Balaban J connectivity index is 1.39. The van der Waals surface area contributed by atoms with Crippen LogP contribution in [0.2, 0.25) is 0 Å². The summed E-state index contributed by atoms with van der Waals surface area (Å²) in [5, 5.41) is 22.6. The molecule has 0 spiro atoms. The number of phenols is 1. The van der Waals surface area contributed by atoms with E-state index in [1.54, 1.807) is 12.1 Å². The smallest absolute Gasteiger partial charge is 0.311 e. The van der Waals surface area contributed by atoms with Gasteiger partial charge < -0.3 is 20.1 Å². The third kappa shape index (κ3) is 5.18. The number of amides is 3. The van der Waals surface area contributed by atoms with Gasteiger partial charge >= 0.3 is 5.69 Å². The minimum Gasteiger partial charge on any atom is -0.502 e. The fourth-order valence-electron chi connectivity index (χ4n) is 3.49. The van der Waals surface area contributed by atoms with Gasteiger partial charge in [0.25, 0.3) is 11.1 Å². The summed E-state index contributed by atoms with van der Waals surface area (Å²) in [7, 11) is 0. The van der Waals surface area contributed by atoms with Crippen molar-refractivity contribution in [2.45, 2.75) is 0 Å². The van der Waals surface area contributed by atoms with Crippen molar-refractivity contribution in [3.05, 3.63) is 63.0 Å². The maximum Gasteiger partial charge on any atom is 0.311 e. The molecule has 2 aromatic rings. The minimum absolute atomic E-state index is 0.0210. The summed E-state index contributed by atoms with van der Waals surface area (Å²) in [4.78, 5) is 50.6. The summed E-state index contributed by atoms with van der Waals surface area (Å²) in [5.74, 6) is -1.73. The lowest BCUT2D eigenvalue weighted by molar-refractivity contribution is -0.385. The van der Waals surface area contributed by atoms with Crippen LogP contribution in [-0.2, 0) is 14.3 Å². The molecule has 2 N–H and O–H groups in total. The number of carbonyl (C=O) groups is 3. The van der Waals surface area contributed by atoms with E-state index in [2.05, 4.69) is 10.2 Å². The number of nitrogens with zero attached hydrogens (tertiary/aromatic N) is 3. The van der Waals surface area contributed by atoms with E-state index >= 15 is 0 Å². The molecule has 4 rings (SSSR count). The number of thioether (sulfide) groups is 1. The molecule has 176 valence electrons. The number of nitro benzene ring substituents is 1. The molecular formula is C22H20N4O7S. The lowest BCUT2D eigenvalue weighted by Gasteiger charge is -2.28. The maximum absolute atomic E-state index is 12.7. The number of aromatic hydroxyl groups is 1. The predicted molar refractivity (Wildman–Crippen MR) is 126 cm³/mol. The number of phenolic OH excluding ortho intramolecular Hbond substituents is 1. The van der Waals surface area contributed by atoms with E-state index < -0.39 is 40.0 Å². The predicted octanol–water partition coefficient (Wildman–Crippen LogP) is 2.81. The van der Waals surface area contributed by atoms with Gasteiger partial charge in [-0.25, -0.2) is 0 Å². The number of nitro groups is 1. The Labute approximate surface area is 198 Å². The molecule has 2 aliphatic rings. The maximum atomic E-state index is 12.7. The first-order valence-electron chi connectivity index (χ1n) is 10.3. The highest BCUT2D eigenvalue weighted by atomic mass is 32.2. The number of hydrogen-bond donors (Lipinski definition) is 2. The van der Waals surface area contributed by atoms with Gasteiger partial charge in [0, 0.05) is 30.5 Å². The number of nitrogens with one attached hydrogen (secondary N) is 1. The highest BCUT2D eigenvalue weighted by Crippen LogP contribution is 2.34. The Kier molecular flexibility index (Phi) is 6.80. The van der Waals surface area contributed by atoms with E-state index in [4.69, 9.17) is 4.74 Å². The first kappa shape index (κ1) is 23.3. The first-order valence-corrected chi connectivity index (χ1v) is 11.1. The summed E-state index contributed by atoms with van der Waals surface area (Å²) in [6.07, 6.45) is 1.31. The van der Waals surface area contributed by atoms with E-state index in [-0.39, 0.29) is 10.5 Å². The molecule has 34 heavy (non-hydrogen) atoms. The molecule has 0 radical (unpaired) electrons. The third-order valence-corrected chi connectivity index (χ3v) is 6.10. The number of imide groups is 1. The number of anilines is 2. The number of hydrogen-bond acceptors (Lipinski definition) is 9. The van der Waals surface area contributed by atoms with Crippen molar-refractivity contribution in [1.82, 2.24) is 4.90 Å². The number of carbonyl (C=O) groups excluding carboxylic acids is 3. The first-order chi connectivity index (χ1) is 16.3. The Morgan fingerprint density at radius 3 is 2.56 bits per heavy atom. The summed E-state index contributed by atoms with van der Waals surface area (Å²) >= 11 is 0.632. The summed E-state index contributed by atoms with van der Waals surface area (Å²) in [5.41, 5.74) is 1.28. The van der Waals surface area contributed by atoms with Crippen LogP contribution in [0.1, 0.15) is 5.56 Å². The Morgan fingerprint density at radius 2 is 1.88 bits per heavy atom. The summed E-state index contributed by atoms with van der Waals surface area (Å²) in [6, 6.07) is 10.8. The Bertz CT molecular complexity index is 1180. The molecule has 0 atom stereocenters. The van der Waals surface area contributed by atoms with Crippen LogP contribution in [0.5, 0.6) is 5.75 Å². The molecular weight excluding hydrogens is 464 g/mol. The van der Waals surface area contributed by atoms with Crippen LogP contribution in [-0.4, -0.2) is 64.8 Å². The molecule has 2 aliphatic heterocycles. The second-order valence-electron chi connectivity index (χ2n) is 7.47. The van der Waals surface area contributed by atoms with Gasteiger partial charge in [-0.15, -0.1) is 0 Å². The van der Waals surface area contributed by atoms with E-state index in [1.165, 1.54) is 12.1 Å². The zero-order chi connectivity index (χ0) is 24.2. The number of rotatable bonds is 6. The van der Waals surface area contributed by atoms with Gasteiger partial charge in [-0.1, -0.05) is 6.07 Å². The van der Waals surface area contributed by atoms with E-state index in [1.807, 2.05) is 12.1 Å². The lowest BCUT2D eigenvalue weighted by atomic mass is 10.1. The normalized spacial score (nSPS) is 17.4. The van der Waals surface area contributed by atoms with Gasteiger partial charge in [-0.05, 0) is 53.7 Å². The van der Waals surface area contributed by atoms with Gasteiger partial charge in [0.05, 0.1) is 23.0 Å². The van der Waals surface area contributed by atoms with Crippen LogP contribution in [0.25, 0.3) is 6.08 Å². The fourth-order valence-corrected chi connectivity index (χ4v) is 4.32. The van der Waals surface area contributed by atoms with Gasteiger partial charge in [-0.2, -0.15) is 0 Å². The molecule has 11 nitrogen and oxygen atoms in total. The molecule has 0 unspecified atom stereocenters. The highest BCUT2D eigenvalue weighted by Gasteiger charge is 2.36. The number of ether oxygens (including phenoxy) is 1. The topological polar surface area (TPSA) is 142 Å². The monoisotopic (exact) mass is 484 g/mol. The van der Waals surface area contributed by atoms with Gasteiger partial charge in [-0.3, -0.25) is 29.4 Å². The lowest BCUT2D eigenvalue weighted by Crippen LogP contribution is -2.36. The van der Waals surface area contributed by atoms with Crippen molar-refractivity contribution in [1.29, 1.82) is 0 Å². The zero-order valence-corrected chi connectivity index (χ0v) is 18.6. The van der Waals surface area contributed by atoms with E-state index in [0.29, 0.717) is 30.7 Å². The molecule has 0 aromatic heterocycles. The quantitative estimate of drug-likeness (QED) is 0.359. The standard InChI is InChI=1S/C22H20N4O7S/c27-18-6-1-14(11-17(18)26(31)32)12-19-21(29)25(22(30)34-19)13-20(28)23-15-2-4-16(5-3-15)24-7-9-33-10-8-24/h1-6,11-12,27H,7-10,13H2,(H,23,28). The molecule has 0 bridgehead atoms. The zero-order valence-electron chi connectivity index (χ0n) is 17.8. The van der Waals surface area contributed by atoms with Crippen molar-refractivity contribution in [2.75, 3.05) is 43.1 Å². The summed E-state index contributed by atoms with van der Waals surface area (Å²) < 4.78 is 5.34. The van der Waals surface area contributed by atoms with Crippen LogP contribution < -0.4 is 10.2 Å². The molecule has 2 aromatic carbocycles. The molecule has 12 heteroatoms. The molecule has 3 amide bonds. The van der Waals surface area contributed by atoms with Crippen molar-refractivity contribution >= 4 is 52.0 Å². The number of benzene rings is 2. The van der Waals surface area contributed by atoms with Crippen LogP contribution in [0.3, 0.4) is 0 Å². The second-order valence-corrected chi connectivity index (χ2v) is 8.46. The van der Waals surface area contributed by atoms with Gasteiger partial charge in [0.15, 0.2) is 5.75 Å². The fraction of sp³-hybridized carbons (Fsp3) is 0.227. The van der Waals surface area contributed by atoms with Crippen LogP contribution >= 0.6 is 11.8 Å².